The fraction of sp³-hybridized carbons (Fsp3) is 0.545. The number of nitrogens with zero attached hydrogens (tertiary/aromatic N) is 3. The van der Waals surface area contributed by atoms with Crippen LogP contribution < -0.4 is 20.1 Å². The molecule has 0 radical (unpaired) electrons. The van der Waals surface area contributed by atoms with Crippen molar-refractivity contribution in [3.05, 3.63) is 47.2 Å². The van der Waals surface area contributed by atoms with Crippen LogP contribution in [0.3, 0.4) is 0 Å². The minimum atomic E-state index is -0.0755. The monoisotopic (exact) mass is 605 g/mol. The number of anilines is 2. The Balaban J connectivity index is 1.04. The second kappa shape index (κ2) is 12.1. The maximum atomic E-state index is 13.4. The molecule has 9 nitrogen and oxygen atoms in total. The van der Waals surface area contributed by atoms with E-state index in [1.54, 1.807) is 19.2 Å². The number of methoxy groups -OCH3 is 1. The van der Waals surface area contributed by atoms with Gasteiger partial charge in [-0.25, -0.2) is 9.97 Å². The van der Waals surface area contributed by atoms with Crippen molar-refractivity contribution >= 4 is 39.9 Å². The van der Waals surface area contributed by atoms with E-state index in [1.807, 2.05) is 18.2 Å². The van der Waals surface area contributed by atoms with Gasteiger partial charge in [0.1, 0.15) is 12.1 Å². The third-order valence-corrected chi connectivity index (χ3v) is 10.1. The van der Waals surface area contributed by atoms with E-state index in [4.69, 9.17) is 25.8 Å². The molecule has 0 spiro atoms. The quantitative estimate of drug-likeness (QED) is 0.278. The van der Waals surface area contributed by atoms with Crippen molar-refractivity contribution in [2.75, 3.05) is 51.9 Å². The first-order valence-electron chi connectivity index (χ1n) is 15.6. The predicted molar refractivity (Wildman–Crippen MR) is 167 cm³/mol. The van der Waals surface area contributed by atoms with Crippen LogP contribution in [-0.2, 0) is 4.74 Å². The zero-order valence-corrected chi connectivity index (χ0v) is 25.5. The molecule has 43 heavy (non-hydrogen) atoms. The fourth-order valence-electron chi connectivity index (χ4n) is 8.22. The highest BCUT2D eigenvalue weighted by molar-refractivity contribution is 6.34. The molecule has 0 unspecified atom stereocenters. The maximum absolute atomic E-state index is 13.4. The Morgan fingerprint density at radius 2 is 1.79 bits per heavy atom. The number of hydrogen-bond acceptors (Lipinski definition) is 8. The highest BCUT2D eigenvalue weighted by Gasteiger charge is 2.51. The van der Waals surface area contributed by atoms with Crippen LogP contribution in [0.5, 0.6) is 11.5 Å². The Morgan fingerprint density at radius 1 is 1.05 bits per heavy atom. The summed E-state index contributed by atoms with van der Waals surface area (Å²) in [4.78, 5) is 24.8. The number of ether oxygens (including phenoxy) is 3. The fourth-order valence-corrected chi connectivity index (χ4v) is 8.48. The van der Waals surface area contributed by atoms with Gasteiger partial charge in [-0.05, 0) is 87.0 Å². The van der Waals surface area contributed by atoms with Gasteiger partial charge >= 0.3 is 0 Å². The Morgan fingerprint density at radius 3 is 2.49 bits per heavy atom. The number of nitrogens with one attached hydrogen (secondary N) is 2. The molecule has 10 heteroatoms. The molecule has 4 aliphatic carbocycles. The summed E-state index contributed by atoms with van der Waals surface area (Å²) in [7, 11) is 1.63. The summed E-state index contributed by atoms with van der Waals surface area (Å²) >= 11 is 6.71. The number of halogens is 1. The van der Waals surface area contributed by atoms with Crippen molar-refractivity contribution < 1.29 is 19.0 Å². The first-order chi connectivity index (χ1) is 21.0. The number of aromatic nitrogens is 2. The first kappa shape index (κ1) is 28.6. The van der Waals surface area contributed by atoms with Crippen LogP contribution in [0, 0.1) is 17.8 Å². The van der Waals surface area contributed by atoms with Gasteiger partial charge in [0.2, 0.25) is 0 Å². The zero-order valence-electron chi connectivity index (χ0n) is 24.7. The minimum absolute atomic E-state index is 0.0602. The summed E-state index contributed by atoms with van der Waals surface area (Å²) in [5.41, 5.74) is 1.91. The van der Waals surface area contributed by atoms with Crippen LogP contribution >= 0.6 is 11.6 Å². The number of carbonyl (C=O) groups is 1. The van der Waals surface area contributed by atoms with Gasteiger partial charge in [-0.3, -0.25) is 9.69 Å². The standard InChI is InChI=1S/C33H40ClN5O4/c1-41-29-16-28-26(15-30(29)43-8-2-5-39-6-9-42-10-7-39)31(36-20-35-28)37-24-3-4-25(27(34)14-24)32(40)38-33-17-21-11-22(18-33)13-23(12-21)19-33/h3-4,14-16,20-23H,2,5-13,17-19H2,1H3,(H,38,40)(H,35,36,37). The van der Waals surface area contributed by atoms with Crippen LogP contribution in [0.2, 0.25) is 5.02 Å². The average molecular weight is 606 g/mol. The van der Waals surface area contributed by atoms with Crippen molar-refractivity contribution in [1.29, 1.82) is 0 Å². The lowest BCUT2D eigenvalue weighted by Gasteiger charge is -2.56. The Kier molecular flexibility index (Phi) is 8.05. The molecule has 0 atom stereocenters. The van der Waals surface area contributed by atoms with Gasteiger partial charge in [0, 0.05) is 42.3 Å². The number of fused-ring (bicyclic) bond motifs is 1. The minimum Gasteiger partial charge on any atom is -0.493 e. The molecule has 4 saturated carbocycles. The van der Waals surface area contributed by atoms with E-state index in [1.165, 1.54) is 25.6 Å². The summed E-state index contributed by atoms with van der Waals surface area (Å²) in [6, 6.07) is 9.25. The zero-order chi connectivity index (χ0) is 29.4. The molecule has 1 aromatic heterocycles. The molecule has 2 aromatic carbocycles. The van der Waals surface area contributed by atoms with Gasteiger partial charge in [0.25, 0.3) is 5.91 Å². The van der Waals surface area contributed by atoms with Gasteiger partial charge in [0.15, 0.2) is 11.5 Å². The summed E-state index contributed by atoms with van der Waals surface area (Å²) in [6.07, 6.45) is 9.74. The Hall–Kier alpha value is -3.14. The average Bonchev–Trinajstić information content (AvgIpc) is 2.99. The van der Waals surface area contributed by atoms with Gasteiger partial charge in [-0.2, -0.15) is 0 Å². The number of rotatable bonds is 10. The molecule has 1 amide bonds. The molecule has 2 N–H and O–H groups in total. The molecule has 5 aliphatic rings. The molecular formula is C33H40ClN5O4. The normalized spacial score (nSPS) is 26.4. The second-order valence-electron chi connectivity index (χ2n) is 12.9. The molecule has 4 bridgehead atoms. The number of hydrogen-bond donors (Lipinski definition) is 2. The van der Waals surface area contributed by atoms with Gasteiger partial charge in [0.05, 0.1) is 43.0 Å². The van der Waals surface area contributed by atoms with E-state index in [0.29, 0.717) is 34.5 Å². The SMILES string of the molecule is COc1cc2ncnc(Nc3ccc(C(=O)NC45CC6CC(CC(C6)C4)C5)c(Cl)c3)c2cc1OCCCN1CCOCC1. The smallest absolute Gasteiger partial charge is 0.253 e. The topological polar surface area (TPSA) is 97.8 Å². The van der Waals surface area contributed by atoms with Crippen LogP contribution in [0.15, 0.2) is 36.7 Å². The van der Waals surface area contributed by atoms with E-state index < -0.39 is 0 Å². The third-order valence-electron chi connectivity index (χ3n) is 9.79. The van der Waals surface area contributed by atoms with E-state index in [0.717, 1.165) is 92.9 Å². The van der Waals surface area contributed by atoms with Crippen LogP contribution in [0.1, 0.15) is 55.3 Å². The van der Waals surface area contributed by atoms with Crippen LogP contribution in [-0.4, -0.2) is 72.9 Å². The number of benzene rings is 2. The molecule has 1 aliphatic heterocycles. The number of morpholine rings is 1. The highest BCUT2D eigenvalue weighted by Crippen LogP contribution is 2.55. The van der Waals surface area contributed by atoms with E-state index in [-0.39, 0.29) is 11.4 Å². The third kappa shape index (κ3) is 6.12. The number of carbonyl (C=O) groups excluding carboxylic acids is 1. The highest BCUT2D eigenvalue weighted by atomic mass is 35.5. The molecule has 8 rings (SSSR count). The van der Waals surface area contributed by atoms with Gasteiger partial charge in [-0.1, -0.05) is 11.6 Å². The molecular weight excluding hydrogens is 566 g/mol. The lowest BCUT2D eigenvalue weighted by Crippen LogP contribution is -2.59. The summed E-state index contributed by atoms with van der Waals surface area (Å²) in [5.74, 6) is 4.10. The second-order valence-corrected chi connectivity index (χ2v) is 13.3. The predicted octanol–water partition coefficient (Wildman–Crippen LogP) is 5.84. The van der Waals surface area contributed by atoms with Crippen molar-refractivity contribution in [1.82, 2.24) is 20.2 Å². The van der Waals surface area contributed by atoms with Crippen LogP contribution in [0.25, 0.3) is 10.9 Å². The lowest BCUT2D eigenvalue weighted by molar-refractivity contribution is -0.0167. The maximum Gasteiger partial charge on any atom is 0.253 e. The van der Waals surface area contributed by atoms with Crippen molar-refractivity contribution in [2.45, 2.75) is 50.5 Å². The van der Waals surface area contributed by atoms with E-state index in [9.17, 15) is 4.79 Å². The molecule has 3 aromatic rings. The lowest BCUT2D eigenvalue weighted by atomic mass is 9.53. The van der Waals surface area contributed by atoms with Crippen molar-refractivity contribution in [3.63, 3.8) is 0 Å². The summed E-state index contributed by atoms with van der Waals surface area (Å²) in [6.45, 7) is 5.04. The van der Waals surface area contributed by atoms with Crippen molar-refractivity contribution in [3.8, 4) is 11.5 Å². The summed E-state index contributed by atoms with van der Waals surface area (Å²) < 4.78 is 17.2. The number of amides is 1. The van der Waals surface area contributed by atoms with Crippen molar-refractivity contribution in [2.24, 2.45) is 17.8 Å². The van der Waals surface area contributed by atoms with Gasteiger partial charge in [-0.15, -0.1) is 0 Å². The first-order valence-corrected chi connectivity index (χ1v) is 16.0. The Labute approximate surface area is 257 Å². The molecule has 5 fully saturated rings. The summed E-state index contributed by atoms with van der Waals surface area (Å²) in [5, 5.41) is 8.02. The Bertz CT molecular complexity index is 1460. The van der Waals surface area contributed by atoms with E-state index in [2.05, 4.69) is 25.5 Å². The molecule has 1 saturated heterocycles. The van der Waals surface area contributed by atoms with E-state index >= 15 is 0 Å². The molecule has 2 heterocycles. The van der Waals surface area contributed by atoms with Crippen LogP contribution in [0.4, 0.5) is 11.5 Å². The van der Waals surface area contributed by atoms with Gasteiger partial charge < -0.3 is 24.8 Å². The largest absolute Gasteiger partial charge is 0.493 e. The molecule has 228 valence electrons.